The van der Waals surface area contributed by atoms with Gasteiger partial charge in [0.15, 0.2) is 0 Å². The first-order valence-electron chi connectivity index (χ1n) is 11.9. The maximum absolute atomic E-state index is 12.5. The summed E-state index contributed by atoms with van der Waals surface area (Å²) < 4.78 is 5.46. The Hall–Kier alpha value is -2.85. The minimum atomic E-state index is -0.748. The van der Waals surface area contributed by atoms with Crippen LogP contribution in [-0.2, 0) is 14.3 Å². The van der Waals surface area contributed by atoms with Crippen LogP contribution in [0.4, 0.5) is 4.79 Å². The van der Waals surface area contributed by atoms with E-state index in [2.05, 4.69) is 10.6 Å². The van der Waals surface area contributed by atoms with E-state index in [1.54, 1.807) is 41.3 Å². The Morgan fingerprint density at radius 2 is 1.65 bits per heavy atom. The van der Waals surface area contributed by atoms with Crippen molar-refractivity contribution in [2.24, 2.45) is 11.5 Å². The van der Waals surface area contributed by atoms with Crippen molar-refractivity contribution in [2.75, 3.05) is 13.1 Å². The van der Waals surface area contributed by atoms with E-state index < -0.39 is 29.3 Å². The van der Waals surface area contributed by atoms with Gasteiger partial charge in [-0.2, -0.15) is 0 Å². The third-order valence-electron chi connectivity index (χ3n) is 5.93. The molecule has 0 aliphatic carbocycles. The van der Waals surface area contributed by atoms with Crippen molar-refractivity contribution < 1.29 is 19.1 Å². The number of benzene rings is 2. The number of halogens is 2. The summed E-state index contributed by atoms with van der Waals surface area (Å²) in [5, 5.41) is 7.67. The number of hydrogen-bond acceptors (Lipinski definition) is 6. The van der Waals surface area contributed by atoms with Crippen LogP contribution in [0.15, 0.2) is 48.5 Å². The SMILES string of the molecule is CC(C)(C)OC(=O)N1CCCC2(C1)NC(=O)C(c1ccc(Cl)cc1)N2.NC(=O)C(N)c1ccc(Cl)cc1. The molecule has 4 rings (SSSR count). The minimum absolute atomic E-state index is 0.0895. The summed E-state index contributed by atoms with van der Waals surface area (Å²) in [6.07, 6.45) is 1.21. The molecule has 3 amide bonds. The Morgan fingerprint density at radius 1 is 1.08 bits per heavy atom. The van der Waals surface area contributed by atoms with Gasteiger partial charge >= 0.3 is 6.09 Å². The number of ether oxygens (including phenoxy) is 1. The van der Waals surface area contributed by atoms with Crippen LogP contribution in [0.5, 0.6) is 0 Å². The quantitative estimate of drug-likeness (QED) is 0.460. The molecule has 2 fully saturated rings. The number of carbonyl (C=O) groups excluding carboxylic acids is 3. The van der Waals surface area contributed by atoms with Gasteiger partial charge in [0.1, 0.15) is 23.3 Å². The molecule has 0 saturated carbocycles. The van der Waals surface area contributed by atoms with Crippen LogP contribution in [0.3, 0.4) is 0 Å². The van der Waals surface area contributed by atoms with Gasteiger partial charge in [-0.25, -0.2) is 4.79 Å². The third-order valence-corrected chi connectivity index (χ3v) is 6.43. The highest BCUT2D eigenvalue weighted by atomic mass is 35.5. The van der Waals surface area contributed by atoms with Gasteiger partial charge in [0.2, 0.25) is 11.8 Å². The molecule has 2 heterocycles. The van der Waals surface area contributed by atoms with E-state index in [0.29, 0.717) is 28.7 Å². The van der Waals surface area contributed by atoms with Crippen LogP contribution in [-0.4, -0.2) is 47.2 Å². The van der Waals surface area contributed by atoms with Crippen molar-refractivity contribution in [3.8, 4) is 0 Å². The molecule has 1 spiro atoms. The van der Waals surface area contributed by atoms with E-state index >= 15 is 0 Å². The Kier molecular flexibility index (Phi) is 9.07. The second kappa shape index (κ2) is 11.7. The summed E-state index contributed by atoms with van der Waals surface area (Å²) in [7, 11) is 0. The normalized spacial score (nSPS) is 22.1. The van der Waals surface area contributed by atoms with Gasteiger partial charge in [-0.05, 0) is 69.0 Å². The smallest absolute Gasteiger partial charge is 0.410 e. The van der Waals surface area contributed by atoms with Crippen LogP contribution in [0.1, 0.15) is 56.8 Å². The van der Waals surface area contributed by atoms with Crippen molar-refractivity contribution >= 4 is 41.1 Å². The lowest BCUT2D eigenvalue weighted by Gasteiger charge is -2.40. The van der Waals surface area contributed by atoms with Crippen LogP contribution < -0.4 is 22.1 Å². The Balaban J connectivity index is 0.000000266. The molecular weight excluding hydrogens is 517 g/mol. The number of primary amides is 1. The van der Waals surface area contributed by atoms with E-state index in [-0.39, 0.29) is 12.0 Å². The second-order valence-corrected chi connectivity index (χ2v) is 11.0. The molecule has 11 heteroatoms. The monoisotopic (exact) mass is 549 g/mol. The number of carbonyl (C=O) groups is 3. The fraction of sp³-hybridized carbons (Fsp3) is 0.423. The lowest BCUT2D eigenvalue weighted by atomic mass is 9.99. The molecule has 3 atom stereocenters. The van der Waals surface area contributed by atoms with E-state index in [1.807, 2.05) is 32.9 Å². The minimum Gasteiger partial charge on any atom is -0.444 e. The zero-order chi connectivity index (χ0) is 27.4. The molecule has 0 bridgehead atoms. The predicted molar refractivity (Wildman–Crippen MR) is 143 cm³/mol. The number of rotatable bonds is 3. The van der Waals surface area contributed by atoms with Crippen molar-refractivity contribution in [1.82, 2.24) is 15.5 Å². The predicted octanol–water partition coefficient (Wildman–Crippen LogP) is 3.65. The summed E-state index contributed by atoms with van der Waals surface area (Å²) in [6, 6.07) is 12.7. The maximum atomic E-state index is 12.5. The van der Waals surface area contributed by atoms with Crippen molar-refractivity contribution in [3.63, 3.8) is 0 Å². The molecule has 3 unspecified atom stereocenters. The van der Waals surface area contributed by atoms with E-state index in [4.69, 9.17) is 39.4 Å². The number of nitrogens with zero attached hydrogens (tertiary/aromatic N) is 1. The summed E-state index contributed by atoms with van der Waals surface area (Å²) in [6.45, 7) is 6.54. The zero-order valence-corrected chi connectivity index (χ0v) is 22.6. The highest BCUT2D eigenvalue weighted by Gasteiger charge is 2.47. The van der Waals surface area contributed by atoms with Crippen molar-refractivity contribution in [1.29, 1.82) is 0 Å². The van der Waals surface area contributed by atoms with E-state index in [1.165, 1.54) is 0 Å². The number of likely N-dealkylation sites (tertiary alicyclic amines) is 1. The standard InChI is InChI=1S/C18H24ClN3O3.C8H9ClN2O/c1-17(2,3)25-16(24)22-10-4-9-18(11-22)20-14(15(23)21-18)12-5-7-13(19)8-6-12;9-6-3-1-5(2-4-6)7(10)8(11)12/h5-8,14,20H,4,9-11H2,1-3H3,(H,21,23);1-4,7H,10H2,(H2,11,12). The number of nitrogens with two attached hydrogens (primary N) is 2. The average molecular weight is 550 g/mol. The van der Waals surface area contributed by atoms with Gasteiger partial charge in [-0.15, -0.1) is 0 Å². The largest absolute Gasteiger partial charge is 0.444 e. The van der Waals surface area contributed by atoms with E-state index in [0.717, 1.165) is 18.4 Å². The van der Waals surface area contributed by atoms with Gasteiger partial charge in [0.05, 0.1) is 6.54 Å². The van der Waals surface area contributed by atoms with E-state index in [9.17, 15) is 14.4 Å². The molecule has 2 aromatic rings. The van der Waals surface area contributed by atoms with Crippen LogP contribution in [0, 0.1) is 0 Å². The van der Waals surface area contributed by atoms with Crippen LogP contribution in [0.25, 0.3) is 0 Å². The topological polar surface area (TPSA) is 140 Å². The molecule has 2 aliphatic heterocycles. The first-order chi connectivity index (χ1) is 17.3. The Labute approximate surface area is 226 Å². The first kappa shape index (κ1) is 28.7. The highest BCUT2D eigenvalue weighted by Crippen LogP contribution is 2.30. The molecule has 0 radical (unpaired) electrons. The molecule has 200 valence electrons. The Morgan fingerprint density at radius 3 is 2.19 bits per heavy atom. The van der Waals surface area contributed by atoms with Crippen LogP contribution >= 0.6 is 23.2 Å². The summed E-state index contributed by atoms with van der Waals surface area (Å²) in [5.74, 6) is -0.634. The van der Waals surface area contributed by atoms with Crippen molar-refractivity contribution in [3.05, 3.63) is 69.7 Å². The second-order valence-electron chi connectivity index (χ2n) is 10.1. The molecule has 9 nitrogen and oxygen atoms in total. The van der Waals surface area contributed by atoms with Gasteiger partial charge in [-0.1, -0.05) is 47.5 Å². The number of amides is 3. The Bertz CT molecular complexity index is 1120. The third kappa shape index (κ3) is 7.82. The summed E-state index contributed by atoms with van der Waals surface area (Å²) in [4.78, 5) is 37.2. The fourth-order valence-electron chi connectivity index (χ4n) is 4.17. The molecule has 0 aromatic heterocycles. The fourth-order valence-corrected chi connectivity index (χ4v) is 4.42. The average Bonchev–Trinajstić information content (AvgIpc) is 3.13. The molecule has 37 heavy (non-hydrogen) atoms. The number of hydrogen-bond donors (Lipinski definition) is 4. The summed E-state index contributed by atoms with van der Waals surface area (Å²) in [5.41, 5.74) is 10.9. The number of nitrogens with one attached hydrogen (secondary N) is 2. The van der Waals surface area contributed by atoms with Crippen LogP contribution in [0.2, 0.25) is 10.0 Å². The van der Waals surface area contributed by atoms with Gasteiger partial charge in [0, 0.05) is 16.6 Å². The first-order valence-corrected chi connectivity index (χ1v) is 12.7. The highest BCUT2D eigenvalue weighted by molar-refractivity contribution is 6.30. The van der Waals surface area contributed by atoms with Gasteiger partial charge in [-0.3, -0.25) is 14.9 Å². The van der Waals surface area contributed by atoms with Gasteiger partial charge < -0.3 is 26.4 Å². The molecule has 6 N–H and O–H groups in total. The molecule has 2 aromatic carbocycles. The lowest BCUT2D eigenvalue weighted by molar-refractivity contribution is -0.121. The van der Waals surface area contributed by atoms with Crippen molar-refractivity contribution in [2.45, 2.75) is 57.0 Å². The summed E-state index contributed by atoms with van der Waals surface area (Å²) >= 11 is 11.6. The molecular formula is C26H33Cl2N5O4. The maximum Gasteiger partial charge on any atom is 0.410 e. The lowest BCUT2D eigenvalue weighted by Crippen LogP contribution is -2.61. The molecule has 2 saturated heterocycles. The van der Waals surface area contributed by atoms with Gasteiger partial charge in [0.25, 0.3) is 0 Å². The number of piperidine rings is 1. The molecule has 2 aliphatic rings. The zero-order valence-electron chi connectivity index (χ0n) is 21.1.